The molecule has 5 rings (SSSR count). The second-order valence-corrected chi connectivity index (χ2v) is 7.15. The van der Waals surface area contributed by atoms with Gasteiger partial charge in [-0.1, -0.05) is 54.6 Å². The Kier molecular flexibility index (Phi) is 4.88. The van der Waals surface area contributed by atoms with E-state index < -0.39 is 0 Å². The van der Waals surface area contributed by atoms with Gasteiger partial charge in [-0.15, -0.1) is 0 Å². The zero-order valence-electron chi connectivity index (χ0n) is 16.9. The van der Waals surface area contributed by atoms with E-state index in [0.29, 0.717) is 13.2 Å². The molecule has 6 heteroatoms. The maximum atomic E-state index is 12.8. The van der Waals surface area contributed by atoms with Crippen LogP contribution in [0.4, 0.5) is 0 Å². The van der Waals surface area contributed by atoms with Gasteiger partial charge < -0.3 is 14.0 Å². The van der Waals surface area contributed by atoms with E-state index in [2.05, 4.69) is 5.16 Å². The number of para-hydroxylation sites is 1. The summed E-state index contributed by atoms with van der Waals surface area (Å²) in [6, 6.07) is 23.5. The van der Waals surface area contributed by atoms with Crippen LogP contribution in [0.5, 0.6) is 0 Å². The van der Waals surface area contributed by atoms with Crippen LogP contribution in [0.15, 0.2) is 88.1 Å². The number of benzene rings is 3. The van der Waals surface area contributed by atoms with E-state index in [0.717, 1.165) is 33.1 Å². The summed E-state index contributed by atoms with van der Waals surface area (Å²) in [4.78, 5) is 19.6. The highest BCUT2D eigenvalue weighted by atomic mass is 16.7. The number of amidine groups is 1. The molecule has 31 heavy (non-hydrogen) atoms. The Bertz CT molecular complexity index is 1320. The van der Waals surface area contributed by atoms with Crippen LogP contribution in [0.1, 0.15) is 18.1 Å². The third-order valence-corrected chi connectivity index (χ3v) is 5.12. The van der Waals surface area contributed by atoms with Crippen LogP contribution in [0.3, 0.4) is 0 Å². The van der Waals surface area contributed by atoms with Gasteiger partial charge in [-0.3, -0.25) is 9.69 Å². The van der Waals surface area contributed by atoms with Crippen LogP contribution in [0, 0.1) is 0 Å². The Morgan fingerprint density at radius 3 is 2.58 bits per heavy atom. The zero-order chi connectivity index (χ0) is 21.2. The molecular formula is C25H20N2O4. The van der Waals surface area contributed by atoms with Crippen molar-refractivity contribution in [2.75, 3.05) is 6.54 Å². The quantitative estimate of drug-likeness (QED) is 0.330. The molecular weight excluding hydrogens is 392 g/mol. The van der Waals surface area contributed by atoms with Crippen LogP contribution >= 0.6 is 0 Å². The number of rotatable bonds is 5. The summed E-state index contributed by atoms with van der Waals surface area (Å²) in [6.07, 6.45) is 1.71. The van der Waals surface area contributed by atoms with Gasteiger partial charge in [0.1, 0.15) is 17.8 Å². The van der Waals surface area contributed by atoms with Crippen molar-refractivity contribution in [1.29, 1.82) is 0 Å². The molecule has 0 atom stereocenters. The van der Waals surface area contributed by atoms with E-state index in [1.807, 2.05) is 79.7 Å². The number of carbonyl (C=O) groups is 1. The second kappa shape index (κ2) is 7.99. The molecule has 0 N–H and O–H groups in total. The molecule has 6 nitrogen and oxygen atoms in total. The normalized spacial score (nSPS) is 16.5. The monoisotopic (exact) mass is 412 g/mol. The largest absolute Gasteiger partial charge is 0.456 e. The summed E-state index contributed by atoms with van der Waals surface area (Å²) in [5.74, 6) is -0.0437. The van der Waals surface area contributed by atoms with E-state index in [1.165, 1.54) is 4.90 Å². The summed E-state index contributed by atoms with van der Waals surface area (Å²) in [7, 11) is 0. The number of ether oxygens (including phenoxy) is 1. The molecule has 0 spiro atoms. The lowest BCUT2D eigenvalue weighted by Crippen LogP contribution is -2.29. The van der Waals surface area contributed by atoms with E-state index in [1.54, 1.807) is 6.08 Å². The lowest BCUT2D eigenvalue weighted by molar-refractivity contribution is -0.122. The van der Waals surface area contributed by atoms with E-state index in [-0.39, 0.29) is 17.7 Å². The number of oxime groups is 1. The van der Waals surface area contributed by atoms with Gasteiger partial charge in [0.05, 0.1) is 0 Å². The summed E-state index contributed by atoms with van der Waals surface area (Å²) in [5, 5.41) is 6.06. The third kappa shape index (κ3) is 3.64. The highest BCUT2D eigenvalue weighted by molar-refractivity contribution is 6.11. The summed E-state index contributed by atoms with van der Waals surface area (Å²) < 4.78 is 11.6. The number of hydrogen-bond acceptors (Lipinski definition) is 5. The van der Waals surface area contributed by atoms with Crippen LogP contribution in [0.2, 0.25) is 0 Å². The number of furan rings is 1. The van der Waals surface area contributed by atoms with Crippen molar-refractivity contribution < 1.29 is 18.8 Å². The number of fused-ring (bicyclic) bond motifs is 3. The van der Waals surface area contributed by atoms with Crippen LogP contribution in [-0.2, 0) is 21.0 Å². The minimum Gasteiger partial charge on any atom is -0.456 e. The number of nitrogens with zero attached hydrogens (tertiary/aromatic N) is 2. The molecule has 1 aliphatic rings. The Hall–Kier alpha value is -4.06. The van der Waals surface area contributed by atoms with Crippen molar-refractivity contribution >= 4 is 39.9 Å². The van der Waals surface area contributed by atoms with Crippen molar-refractivity contribution in [1.82, 2.24) is 4.90 Å². The van der Waals surface area contributed by atoms with Gasteiger partial charge in [-0.2, -0.15) is 0 Å². The lowest BCUT2D eigenvalue weighted by atomic mass is 10.1. The summed E-state index contributed by atoms with van der Waals surface area (Å²) in [5.41, 5.74) is 3.45. The Morgan fingerprint density at radius 2 is 1.74 bits per heavy atom. The topological polar surface area (TPSA) is 64.3 Å². The number of amides is 1. The maximum absolute atomic E-state index is 12.8. The molecule has 3 aromatic carbocycles. The maximum Gasteiger partial charge on any atom is 0.339 e. The first-order chi connectivity index (χ1) is 15.2. The summed E-state index contributed by atoms with van der Waals surface area (Å²) in [6.45, 7) is 2.58. The van der Waals surface area contributed by atoms with Gasteiger partial charge >= 0.3 is 6.02 Å². The average Bonchev–Trinajstić information content (AvgIpc) is 3.31. The minimum atomic E-state index is -0.248. The van der Waals surface area contributed by atoms with Crippen molar-refractivity contribution in [2.45, 2.75) is 13.5 Å². The zero-order valence-corrected chi connectivity index (χ0v) is 16.9. The molecule has 1 aliphatic heterocycles. The van der Waals surface area contributed by atoms with Gasteiger partial charge in [0.2, 0.25) is 0 Å². The van der Waals surface area contributed by atoms with E-state index >= 15 is 0 Å². The van der Waals surface area contributed by atoms with Crippen LogP contribution < -0.4 is 0 Å². The van der Waals surface area contributed by atoms with E-state index in [9.17, 15) is 4.79 Å². The first kappa shape index (κ1) is 18.9. The van der Waals surface area contributed by atoms with Gasteiger partial charge in [0.25, 0.3) is 5.91 Å². The fourth-order valence-electron chi connectivity index (χ4n) is 3.58. The fourth-order valence-corrected chi connectivity index (χ4v) is 3.58. The second-order valence-electron chi connectivity index (χ2n) is 7.15. The van der Waals surface area contributed by atoms with Crippen molar-refractivity contribution in [3.05, 3.63) is 89.7 Å². The predicted molar refractivity (Wildman–Crippen MR) is 119 cm³/mol. The third-order valence-electron chi connectivity index (χ3n) is 5.12. The molecule has 1 fully saturated rings. The first-order valence-electron chi connectivity index (χ1n) is 10.1. The van der Waals surface area contributed by atoms with Gasteiger partial charge in [-0.25, -0.2) is 0 Å². The molecule has 0 saturated carbocycles. The molecule has 1 amide bonds. The van der Waals surface area contributed by atoms with Crippen molar-refractivity contribution in [2.24, 2.45) is 5.16 Å². The Balaban J connectivity index is 1.41. The molecule has 0 radical (unpaired) electrons. The van der Waals surface area contributed by atoms with Gasteiger partial charge in [-0.05, 0) is 47.5 Å². The predicted octanol–water partition coefficient (Wildman–Crippen LogP) is 5.29. The molecule has 4 aromatic rings. The molecule has 154 valence electrons. The van der Waals surface area contributed by atoms with Gasteiger partial charge in [0, 0.05) is 17.3 Å². The Morgan fingerprint density at radius 1 is 0.968 bits per heavy atom. The lowest BCUT2D eigenvalue weighted by Gasteiger charge is -2.09. The molecule has 0 aliphatic carbocycles. The first-order valence-corrected chi connectivity index (χ1v) is 10.1. The number of carbonyl (C=O) groups excluding carboxylic acids is 1. The molecule has 0 unspecified atom stereocenters. The molecule has 1 saturated heterocycles. The average molecular weight is 412 g/mol. The molecule has 1 aromatic heterocycles. The fraction of sp³-hybridized carbons (Fsp3) is 0.120. The van der Waals surface area contributed by atoms with Crippen LogP contribution in [0.25, 0.3) is 28.0 Å². The van der Waals surface area contributed by atoms with Crippen molar-refractivity contribution in [3.63, 3.8) is 0 Å². The SMILES string of the molecule is CCN1C(=O)C(=Cc2ccc3oc4ccccc4c3c2)OC1=NOCc1ccccc1. The van der Waals surface area contributed by atoms with Crippen molar-refractivity contribution in [3.8, 4) is 0 Å². The molecule has 2 heterocycles. The molecule has 0 bridgehead atoms. The highest BCUT2D eigenvalue weighted by Gasteiger charge is 2.34. The standard InChI is InChI=1S/C25H20N2O4/c1-2-27-24(28)23(31-25(27)26-29-16-17-8-4-3-5-9-17)15-18-12-13-22-20(14-18)19-10-6-7-11-21(19)30-22/h3-15H,2,16H2,1H3. The summed E-state index contributed by atoms with van der Waals surface area (Å²) >= 11 is 0. The van der Waals surface area contributed by atoms with E-state index in [4.69, 9.17) is 14.0 Å². The smallest absolute Gasteiger partial charge is 0.339 e. The number of likely N-dealkylation sites (N-methyl/N-ethyl adjacent to an activating group) is 1. The highest BCUT2D eigenvalue weighted by Crippen LogP contribution is 2.30. The number of hydrogen-bond donors (Lipinski definition) is 0. The minimum absolute atomic E-state index is 0.143. The Labute approximate surface area is 179 Å². The van der Waals surface area contributed by atoms with Crippen LogP contribution in [-0.4, -0.2) is 23.4 Å². The van der Waals surface area contributed by atoms with Gasteiger partial charge in [0.15, 0.2) is 5.76 Å².